The lowest BCUT2D eigenvalue weighted by Gasteiger charge is -2.32. The molecular formula is C31H30N2O3. The second-order valence-electron chi connectivity index (χ2n) is 10.4. The van der Waals surface area contributed by atoms with Crippen molar-refractivity contribution in [3.8, 4) is 0 Å². The van der Waals surface area contributed by atoms with Gasteiger partial charge in [0.2, 0.25) is 11.8 Å². The molecule has 3 amide bonds. The third-order valence-electron chi connectivity index (χ3n) is 8.35. The topological polar surface area (TPSA) is 57.7 Å². The van der Waals surface area contributed by atoms with Gasteiger partial charge in [-0.05, 0) is 54.4 Å². The summed E-state index contributed by atoms with van der Waals surface area (Å²) in [6, 6.07) is 28.2. The van der Waals surface area contributed by atoms with E-state index in [1.54, 1.807) is 4.90 Å². The van der Waals surface area contributed by atoms with Gasteiger partial charge < -0.3 is 4.90 Å². The van der Waals surface area contributed by atoms with Crippen molar-refractivity contribution in [2.24, 2.45) is 23.7 Å². The molecule has 5 atom stereocenters. The Balaban J connectivity index is 1.39. The minimum absolute atomic E-state index is 0.140. The Morgan fingerprint density at radius 2 is 1.25 bits per heavy atom. The Morgan fingerprint density at radius 3 is 1.81 bits per heavy atom. The van der Waals surface area contributed by atoms with Gasteiger partial charge in [0.05, 0.1) is 18.4 Å². The average molecular weight is 479 g/mol. The zero-order chi connectivity index (χ0) is 24.6. The van der Waals surface area contributed by atoms with Crippen LogP contribution < -0.4 is 4.90 Å². The first-order valence-electron chi connectivity index (χ1n) is 12.9. The number of benzene rings is 3. The third kappa shape index (κ3) is 3.93. The predicted octanol–water partition coefficient (Wildman–Crippen LogP) is 4.86. The number of amides is 3. The van der Waals surface area contributed by atoms with E-state index in [9.17, 15) is 14.4 Å². The molecule has 2 bridgehead atoms. The lowest BCUT2D eigenvalue weighted by molar-refractivity contribution is -0.148. The molecule has 0 unspecified atom stereocenters. The van der Waals surface area contributed by atoms with E-state index in [0.717, 1.165) is 36.1 Å². The summed E-state index contributed by atoms with van der Waals surface area (Å²) in [4.78, 5) is 45.0. The summed E-state index contributed by atoms with van der Waals surface area (Å²) >= 11 is 0. The van der Waals surface area contributed by atoms with Crippen LogP contribution in [-0.2, 0) is 27.3 Å². The van der Waals surface area contributed by atoms with Crippen molar-refractivity contribution < 1.29 is 14.4 Å². The summed E-state index contributed by atoms with van der Waals surface area (Å²) in [7, 11) is 0. The first-order valence-corrected chi connectivity index (χ1v) is 12.9. The van der Waals surface area contributed by atoms with Gasteiger partial charge in [-0.3, -0.25) is 19.3 Å². The number of fused-ring (bicyclic) bond motifs is 5. The van der Waals surface area contributed by atoms with Crippen molar-refractivity contribution in [1.29, 1.82) is 0 Å². The van der Waals surface area contributed by atoms with Gasteiger partial charge in [0.15, 0.2) is 0 Å². The molecule has 5 nitrogen and oxygen atoms in total. The van der Waals surface area contributed by atoms with Crippen molar-refractivity contribution in [2.75, 3.05) is 4.90 Å². The minimum atomic E-state index is -0.874. The Hall–Kier alpha value is -3.73. The average Bonchev–Trinajstić information content (AvgIpc) is 3.61. The SMILES string of the molecule is O=C([C@H](Cc1ccccc1)N1C(=O)[C@@H]2[C@@H]3CC[C@@H](C3)[C@@H]2C1=O)N(Cc1ccccc1)c1ccccc1. The van der Waals surface area contributed by atoms with Gasteiger partial charge in [0.25, 0.3) is 5.91 Å². The van der Waals surface area contributed by atoms with E-state index in [1.807, 2.05) is 91.0 Å². The highest BCUT2D eigenvalue weighted by molar-refractivity contribution is 6.11. The quantitative estimate of drug-likeness (QED) is 0.456. The van der Waals surface area contributed by atoms with Crippen molar-refractivity contribution in [3.05, 3.63) is 102 Å². The molecule has 36 heavy (non-hydrogen) atoms. The molecule has 2 saturated carbocycles. The molecule has 5 heteroatoms. The maximum absolute atomic E-state index is 14.4. The fourth-order valence-electron chi connectivity index (χ4n) is 6.72. The van der Waals surface area contributed by atoms with Gasteiger partial charge in [-0.15, -0.1) is 0 Å². The van der Waals surface area contributed by atoms with Gasteiger partial charge in [-0.25, -0.2) is 0 Å². The lowest BCUT2D eigenvalue weighted by atomic mass is 9.81. The molecule has 3 aromatic carbocycles. The van der Waals surface area contributed by atoms with Crippen molar-refractivity contribution >= 4 is 23.4 Å². The summed E-state index contributed by atoms with van der Waals surface area (Å²) < 4.78 is 0. The summed E-state index contributed by atoms with van der Waals surface area (Å²) in [5.74, 6) is -0.434. The van der Waals surface area contributed by atoms with Crippen LogP contribution >= 0.6 is 0 Å². The second kappa shape index (κ2) is 9.38. The molecule has 1 heterocycles. The van der Waals surface area contributed by atoms with Crippen molar-refractivity contribution in [2.45, 2.75) is 38.3 Å². The molecule has 1 saturated heterocycles. The fourth-order valence-corrected chi connectivity index (χ4v) is 6.72. The van der Waals surface area contributed by atoms with Crippen molar-refractivity contribution in [3.63, 3.8) is 0 Å². The maximum Gasteiger partial charge on any atom is 0.250 e. The van der Waals surface area contributed by atoms with Crippen LogP contribution in [0.5, 0.6) is 0 Å². The van der Waals surface area contributed by atoms with Crippen LogP contribution in [0.15, 0.2) is 91.0 Å². The van der Waals surface area contributed by atoms with Crippen LogP contribution in [0.25, 0.3) is 0 Å². The zero-order valence-electron chi connectivity index (χ0n) is 20.2. The minimum Gasteiger partial charge on any atom is -0.306 e. The van der Waals surface area contributed by atoms with Crippen molar-refractivity contribution in [1.82, 2.24) is 4.90 Å². The van der Waals surface area contributed by atoms with Crippen LogP contribution in [0.2, 0.25) is 0 Å². The fraction of sp³-hybridized carbons (Fsp3) is 0.323. The molecule has 0 N–H and O–H groups in total. The number of likely N-dealkylation sites (tertiary alicyclic amines) is 1. The van der Waals surface area contributed by atoms with Crippen LogP contribution in [0.4, 0.5) is 5.69 Å². The number of hydrogen-bond acceptors (Lipinski definition) is 3. The van der Waals surface area contributed by atoms with E-state index in [2.05, 4.69) is 0 Å². The second-order valence-corrected chi connectivity index (χ2v) is 10.4. The Labute approximate surface area is 211 Å². The molecule has 3 aromatic rings. The monoisotopic (exact) mass is 478 g/mol. The first kappa shape index (κ1) is 22.7. The summed E-state index contributed by atoms with van der Waals surface area (Å²) in [6.45, 7) is 0.364. The number of carbonyl (C=O) groups is 3. The highest BCUT2D eigenvalue weighted by atomic mass is 16.2. The molecule has 6 rings (SSSR count). The molecule has 3 aliphatic rings. The molecule has 0 aromatic heterocycles. The van der Waals surface area contributed by atoms with Crippen LogP contribution in [-0.4, -0.2) is 28.7 Å². The lowest BCUT2D eigenvalue weighted by Crippen LogP contribution is -2.53. The van der Waals surface area contributed by atoms with Gasteiger partial charge >= 0.3 is 0 Å². The predicted molar refractivity (Wildman–Crippen MR) is 138 cm³/mol. The molecular weight excluding hydrogens is 448 g/mol. The number of rotatable bonds is 7. The summed E-state index contributed by atoms with van der Waals surface area (Å²) in [6.07, 6.45) is 3.31. The van der Waals surface area contributed by atoms with E-state index in [0.29, 0.717) is 13.0 Å². The smallest absolute Gasteiger partial charge is 0.250 e. The van der Waals surface area contributed by atoms with Crippen LogP contribution in [0.3, 0.4) is 0 Å². The number of anilines is 1. The largest absolute Gasteiger partial charge is 0.306 e. The van der Waals surface area contributed by atoms with E-state index in [1.165, 1.54) is 4.90 Å². The normalized spacial score (nSPS) is 25.2. The van der Waals surface area contributed by atoms with Gasteiger partial charge in [0.1, 0.15) is 6.04 Å². The number of carbonyl (C=O) groups excluding carboxylic acids is 3. The zero-order valence-corrected chi connectivity index (χ0v) is 20.2. The van der Waals surface area contributed by atoms with Gasteiger partial charge in [-0.1, -0.05) is 78.9 Å². The van der Waals surface area contributed by atoms with E-state index < -0.39 is 6.04 Å². The molecule has 3 fully saturated rings. The van der Waals surface area contributed by atoms with E-state index in [4.69, 9.17) is 0 Å². The maximum atomic E-state index is 14.4. The van der Waals surface area contributed by atoms with E-state index in [-0.39, 0.29) is 41.4 Å². The third-order valence-corrected chi connectivity index (χ3v) is 8.35. The van der Waals surface area contributed by atoms with Crippen LogP contribution in [0, 0.1) is 23.7 Å². The van der Waals surface area contributed by atoms with Gasteiger partial charge in [-0.2, -0.15) is 0 Å². The van der Waals surface area contributed by atoms with Crippen LogP contribution in [0.1, 0.15) is 30.4 Å². The molecule has 2 aliphatic carbocycles. The van der Waals surface area contributed by atoms with E-state index >= 15 is 0 Å². The first-order chi connectivity index (χ1) is 17.6. The van der Waals surface area contributed by atoms with Gasteiger partial charge in [0, 0.05) is 12.1 Å². The summed E-state index contributed by atoms with van der Waals surface area (Å²) in [5, 5.41) is 0. The Bertz CT molecular complexity index is 1230. The summed E-state index contributed by atoms with van der Waals surface area (Å²) in [5.41, 5.74) is 2.68. The highest BCUT2D eigenvalue weighted by Crippen LogP contribution is 2.56. The molecule has 0 spiro atoms. The number of para-hydroxylation sites is 1. The highest BCUT2D eigenvalue weighted by Gasteiger charge is 2.62. The molecule has 1 aliphatic heterocycles. The standard InChI is InChI=1S/C31H30N2O3/c34-29(32(25-14-8-3-9-15-25)20-22-12-6-2-7-13-22)26(18-21-10-4-1-5-11-21)33-30(35)27-23-16-17-24(19-23)28(27)31(33)36/h1-15,23-24,26-28H,16-20H2/t23-,24+,26-,27-,28+/m0/s1. The Morgan fingerprint density at radius 1 is 0.750 bits per heavy atom. The number of nitrogens with zero attached hydrogens (tertiary/aromatic N) is 2. The number of hydrogen-bond donors (Lipinski definition) is 0. The molecule has 182 valence electrons. The number of imide groups is 1. The Kier molecular flexibility index (Phi) is 5.92. The molecule has 0 radical (unpaired) electrons.